The summed E-state index contributed by atoms with van der Waals surface area (Å²) in [5.74, 6) is -0.264. The number of ether oxygens (including phenoxy) is 3. The first-order valence-corrected chi connectivity index (χ1v) is 10.9. The van der Waals surface area contributed by atoms with Gasteiger partial charge in [0.2, 0.25) is 0 Å². The Bertz CT molecular complexity index is 1120. The smallest absolute Gasteiger partial charge is 0.295 e. The number of ketones is 1. The van der Waals surface area contributed by atoms with E-state index in [9.17, 15) is 14.7 Å². The molecule has 1 saturated heterocycles. The monoisotopic (exact) mass is 449 g/mol. The van der Waals surface area contributed by atoms with E-state index in [2.05, 4.69) is 6.58 Å². The number of hydrogen-bond acceptors (Lipinski definition) is 6. The van der Waals surface area contributed by atoms with E-state index in [1.807, 2.05) is 19.1 Å². The van der Waals surface area contributed by atoms with Gasteiger partial charge in [-0.25, -0.2) is 0 Å². The number of methoxy groups -OCH3 is 1. The Balaban J connectivity index is 1.81. The zero-order valence-corrected chi connectivity index (χ0v) is 18.7. The quantitative estimate of drug-likeness (QED) is 0.287. The highest BCUT2D eigenvalue weighted by atomic mass is 16.5. The number of likely N-dealkylation sites (tertiary alicyclic amines) is 1. The lowest BCUT2D eigenvalue weighted by molar-refractivity contribution is -0.140. The van der Waals surface area contributed by atoms with Gasteiger partial charge in [-0.1, -0.05) is 24.8 Å². The Morgan fingerprint density at radius 3 is 2.85 bits per heavy atom. The fourth-order valence-corrected chi connectivity index (χ4v) is 4.30. The molecule has 0 aliphatic carbocycles. The average molecular weight is 450 g/mol. The molecule has 0 radical (unpaired) electrons. The number of aliphatic hydroxyl groups excluding tert-OH is 1. The molecule has 7 nitrogen and oxygen atoms in total. The van der Waals surface area contributed by atoms with E-state index in [4.69, 9.17) is 14.2 Å². The Morgan fingerprint density at radius 1 is 1.27 bits per heavy atom. The van der Waals surface area contributed by atoms with Gasteiger partial charge in [-0.15, -0.1) is 0 Å². The zero-order chi connectivity index (χ0) is 23.5. The van der Waals surface area contributed by atoms with Crippen LogP contribution in [0.3, 0.4) is 0 Å². The first-order valence-electron chi connectivity index (χ1n) is 10.9. The molecule has 2 aliphatic heterocycles. The summed E-state index contributed by atoms with van der Waals surface area (Å²) in [6.45, 7) is 6.41. The lowest BCUT2D eigenvalue weighted by Crippen LogP contribution is -2.32. The number of carbonyl (C=O) groups excluding carboxylic acids is 2. The molecule has 2 heterocycles. The molecule has 1 amide bonds. The van der Waals surface area contributed by atoms with Crippen LogP contribution in [0.4, 0.5) is 0 Å². The Kier molecular flexibility index (Phi) is 6.51. The third kappa shape index (κ3) is 4.36. The number of nitrogens with zero attached hydrogens (tertiary/aromatic N) is 1. The molecule has 0 bridgehead atoms. The van der Waals surface area contributed by atoms with E-state index in [0.717, 1.165) is 11.3 Å². The molecule has 0 saturated carbocycles. The Morgan fingerprint density at radius 2 is 2.09 bits per heavy atom. The van der Waals surface area contributed by atoms with Crippen molar-refractivity contribution >= 4 is 17.4 Å². The van der Waals surface area contributed by atoms with Gasteiger partial charge in [-0.05, 0) is 48.4 Å². The van der Waals surface area contributed by atoms with Gasteiger partial charge >= 0.3 is 0 Å². The summed E-state index contributed by atoms with van der Waals surface area (Å²) in [7, 11) is 1.53. The predicted molar refractivity (Wildman–Crippen MR) is 123 cm³/mol. The molecule has 172 valence electrons. The second-order valence-electron chi connectivity index (χ2n) is 8.11. The Hall–Kier alpha value is -3.58. The largest absolute Gasteiger partial charge is 0.507 e. The minimum Gasteiger partial charge on any atom is -0.507 e. The molecule has 33 heavy (non-hydrogen) atoms. The van der Waals surface area contributed by atoms with Crippen molar-refractivity contribution in [2.24, 2.45) is 0 Å². The van der Waals surface area contributed by atoms with Crippen molar-refractivity contribution in [2.75, 3.05) is 26.9 Å². The highest BCUT2D eigenvalue weighted by molar-refractivity contribution is 6.46. The standard InChI is InChI=1S/C26H27NO6/c1-4-11-32-20-7-5-6-17(15-20)23-22(25(29)26(30)27(23)10-12-31-3)24(28)18-8-9-21-19(14-18)13-16(2)33-21/h4-9,14-16,23,28H,1,10-13H2,2-3H3/b24-22+/t16-,23-/m1/s1. The number of benzene rings is 2. The van der Waals surface area contributed by atoms with E-state index in [0.29, 0.717) is 29.9 Å². The molecule has 1 N–H and O–H groups in total. The minimum atomic E-state index is -0.768. The van der Waals surface area contributed by atoms with Crippen molar-refractivity contribution in [3.05, 3.63) is 77.4 Å². The third-order valence-electron chi connectivity index (χ3n) is 5.79. The summed E-state index contributed by atoms with van der Waals surface area (Å²) in [5, 5.41) is 11.3. The van der Waals surface area contributed by atoms with Gasteiger partial charge in [0.05, 0.1) is 18.2 Å². The lowest BCUT2D eigenvalue weighted by Gasteiger charge is -2.25. The summed E-state index contributed by atoms with van der Waals surface area (Å²) in [6.07, 6.45) is 2.40. The summed E-state index contributed by atoms with van der Waals surface area (Å²) < 4.78 is 16.5. The van der Waals surface area contributed by atoms with Gasteiger partial charge in [0.1, 0.15) is 30.0 Å². The second kappa shape index (κ2) is 9.50. The predicted octanol–water partition coefficient (Wildman–Crippen LogP) is 3.64. The van der Waals surface area contributed by atoms with E-state index < -0.39 is 17.7 Å². The van der Waals surface area contributed by atoms with Crippen LogP contribution in [-0.2, 0) is 20.7 Å². The van der Waals surface area contributed by atoms with Crippen LogP contribution < -0.4 is 9.47 Å². The number of amides is 1. The number of rotatable bonds is 8. The van der Waals surface area contributed by atoms with E-state index in [1.54, 1.807) is 36.4 Å². The molecule has 0 unspecified atom stereocenters. The van der Waals surface area contributed by atoms with Crippen molar-refractivity contribution in [1.29, 1.82) is 0 Å². The molecule has 2 atom stereocenters. The number of Topliss-reactive ketones (excluding diaryl/α,β-unsaturated/α-hetero) is 1. The van der Waals surface area contributed by atoms with E-state index in [-0.39, 0.29) is 30.6 Å². The SMILES string of the molecule is C=CCOc1cccc([C@@H]2/C(=C(\O)c3ccc4c(c3)C[C@@H](C)O4)C(=O)C(=O)N2CCOC)c1. The van der Waals surface area contributed by atoms with Gasteiger partial charge in [0.15, 0.2) is 0 Å². The zero-order valence-electron chi connectivity index (χ0n) is 18.7. The first-order chi connectivity index (χ1) is 15.9. The normalized spacial score (nSPS) is 21.1. The first kappa shape index (κ1) is 22.6. The van der Waals surface area contributed by atoms with Crippen molar-refractivity contribution in [3.63, 3.8) is 0 Å². The molecular formula is C26H27NO6. The summed E-state index contributed by atoms with van der Waals surface area (Å²) in [5.41, 5.74) is 2.13. The maximum atomic E-state index is 13.1. The molecule has 7 heteroatoms. The topological polar surface area (TPSA) is 85.3 Å². The second-order valence-corrected chi connectivity index (χ2v) is 8.11. The number of aliphatic hydroxyl groups is 1. The van der Waals surface area contributed by atoms with Crippen molar-refractivity contribution in [2.45, 2.75) is 25.5 Å². The maximum Gasteiger partial charge on any atom is 0.295 e. The molecular weight excluding hydrogens is 422 g/mol. The lowest BCUT2D eigenvalue weighted by atomic mass is 9.94. The maximum absolute atomic E-state index is 13.1. The van der Waals surface area contributed by atoms with Crippen LogP contribution in [-0.4, -0.2) is 54.7 Å². The molecule has 1 fully saturated rings. The Labute approximate surface area is 192 Å². The van der Waals surface area contributed by atoms with Crippen LogP contribution in [0.5, 0.6) is 11.5 Å². The van der Waals surface area contributed by atoms with Crippen molar-refractivity contribution < 1.29 is 28.9 Å². The van der Waals surface area contributed by atoms with E-state index in [1.165, 1.54) is 12.0 Å². The van der Waals surface area contributed by atoms with Crippen molar-refractivity contribution in [1.82, 2.24) is 4.90 Å². The van der Waals surface area contributed by atoms with Gasteiger partial charge < -0.3 is 24.2 Å². The summed E-state index contributed by atoms with van der Waals surface area (Å²) >= 11 is 0. The van der Waals surface area contributed by atoms with E-state index >= 15 is 0 Å². The molecule has 0 spiro atoms. The number of carbonyl (C=O) groups is 2. The van der Waals surface area contributed by atoms with Crippen LogP contribution in [0.25, 0.3) is 5.76 Å². The molecule has 4 rings (SSSR count). The van der Waals surface area contributed by atoms with Crippen LogP contribution in [0.15, 0.2) is 60.7 Å². The minimum absolute atomic E-state index is 0.0453. The van der Waals surface area contributed by atoms with Gasteiger partial charge in [0.25, 0.3) is 11.7 Å². The fourth-order valence-electron chi connectivity index (χ4n) is 4.30. The van der Waals surface area contributed by atoms with Crippen LogP contribution in [0, 0.1) is 0 Å². The van der Waals surface area contributed by atoms with Crippen LogP contribution >= 0.6 is 0 Å². The third-order valence-corrected chi connectivity index (χ3v) is 5.79. The summed E-state index contributed by atoms with van der Waals surface area (Å²) in [6, 6.07) is 11.7. The number of fused-ring (bicyclic) bond motifs is 1. The van der Waals surface area contributed by atoms with Gasteiger partial charge in [-0.3, -0.25) is 9.59 Å². The van der Waals surface area contributed by atoms with Crippen molar-refractivity contribution in [3.8, 4) is 11.5 Å². The highest BCUT2D eigenvalue weighted by Gasteiger charge is 2.46. The number of hydrogen-bond donors (Lipinski definition) is 1. The highest BCUT2D eigenvalue weighted by Crippen LogP contribution is 2.41. The molecule has 2 aromatic rings. The van der Waals surface area contributed by atoms with Gasteiger partial charge in [0, 0.05) is 25.6 Å². The van der Waals surface area contributed by atoms with Crippen LogP contribution in [0.1, 0.15) is 29.7 Å². The van der Waals surface area contributed by atoms with Crippen LogP contribution in [0.2, 0.25) is 0 Å². The molecule has 2 aromatic carbocycles. The fraction of sp³-hybridized carbons (Fsp3) is 0.308. The molecule has 0 aromatic heterocycles. The van der Waals surface area contributed by atoms with Gasteiger partial charge in [-0.2, -0.15) is 0 Å². The molecule has 2 aliphatic rings. The average Bonchev–Trinajstić information content (AvgIpc) is 3.31. The summed E-state index contributed by atoms with van der Waals surface area (Å²) in [4.78, 5) is 27.5.